The Morgan fingerprint density at radius 1 is 1.23 bits per heavy atom. The maximum atomic E-state index is 4.59. The third-order valence-electron chi connectivity index (χ3n) is 3.62. The van der Waals surface area contributed by atoms with Gasteiger partial charge in [-0.2, -0.15) is 0 Å². The zero-order valence-electron chi connectivity index (χ0n) is 14.4. The van der Waals surface area contributed by atoms with Gasteiger partial charge in [-0.25, -0.2) is 4.98 Å². The molecule has 0 aromatic carbocycles. The fourth-order valence-corrected chi connectivity index (χ4v) is 2.03. The van der Waals surface area contributed by atoms with Crippen LogP contribution in [0.1, 0.15) is 32.4 Å². The van der Waals surface area contributed by atoms with E-state index >= 15 is 0 Å². The van der Waals surface area contributed by atoms with Crippen molar-refractivity contribution < 1.29 is 0 Å². The van der Waals surface area contributed by atoms with Crippen molar-refractivity contribution >= 4 is 35.8 Å². The largest absolute Gasteiger partial charge is 0.363 e. The fraction of sp³-hybridized carbons (Fsp3) is 0.625. The van der Waals surface area contributed by atoms with Crippen molar-refractivity contribution in [1.29, 1.82) is 0 Å². The van der Waals surface area contributed by atoms with E-state index in [9.17, 15) is 0 Å². The van der Waals surface area contributed by atoms with E-state index in [1.165, 1.54) is 12.8 Å². The molecule has 0 radical (unpaired) electrons. The first-order valence-electron chi connectivity index (χ1n) is 7.68. The van der Waals surface area contributed by atoms with Gasteiger partial charge in [-0.05, 0) is 18.1 Å². The number of hydrogen-bond acceptors (Lipinski definition) is 3. The van der Waals surface area contributed by atoms with Crippen molar-refractivity contribution in [3.63, 3.8) is 0 Å². The number of rotatable bonds is 7. The predicted molar refractivity (Wildman–Crippen MR) is 106 cm³/mol. The van der Waals surface area contributed by atoms with Crippen LogP contribution in [0.2, 0.25) is 0 Å². The molecule has 0 unspecified atom stereocenters. The van der Waals surface area contributed by atoms with Gasteiger partial charge in [0.1, 0.15) is 5.82 Å². The highest BCUT2D eigenvalue weighted by atomic mass is 127. The van der Waals surface area contributed by atoms with E-state index < -0.39 is 0 Å². The molecule has 0 aliphatic carbocycles. The number of nitrogens with one attached hydrogen (secondary N) is 2. The van der Waals surface area contributed by atoms with Gasteiger partial charge in [-0.1, -0.05) is 32.8 Å². The summed E-state index contributed by atoms with van der Waals surface area (Å²) in [5.41, 5.74) is 1.01. The Balaban J connectivity index is 0.00000441. The van der Waals surface area contributed by atoms with Gasteiger partial charge in [0, 0.05) is 27.7 Å². The van der Waals surface area contributed by atoms with E-state index in [4.69, 9.17) is 0 Å². The number of pyridine rings is 1. The number of aliphatic imine (C=N–C) groups is 1. The van der Waals surface area contributed by atoms with Crippen molar-refractivity contribution in [1.82, 2.24) is 15.6 Å². The minimum Gasteiger partial charge on any atom is -0.363 e. The van der Waals surface area contributed by atoms with Gasteiger partial charge in [0.05, 0.1) is 12.2 Å². The molecule has 0 spiro atoms. The molecular weight excluding hydrogens is 389 g/mol. The second-order valence-corrected chi connectivity index (χ2v) is 5.37. The minimum atomic E-state index is 0. The van der Waals surface area contributed by atoms with Gasteiger partial charge < -0.3 is 15.5 Å². The zero-order valence-corrected chi connectivity index (χ0v) is 16.7. The van der Waals surface area contributed by atoms with Crippen LogP contribution in [0.4, 0.5) is 5.82 Å². The number of aromatic nitrogens is 1. The molecule has 1 rings (SSSR count). The summed E-state index contributed by atoms with van der Waals surface area (Å²) in [5.74, 6) is 2.49. The average Bonchev–Trinajstić information content (AvgIpc) is 2.51. The smallest absolute Gasteiger partial charge is 0.191 e. The topological polar surface area (TPSA) is 52.6 Å². The molecular formula is C16H30IN5. The molecule has 22 heavy (non-hydrogen) atoms. The first-order chi connectivity index (χ1) is 10.1. The molecule has 0 atom stereocenters. The minimum absolute atomic E-state index is 0. The Morgan fingerprint density at radius 2 is 1.91 bits per heavy atom. The van der Waals surface area contributed by atoms with Gasteiger partial charge in [0.2, 0.25) is 0 Å². The lowest BCUT2D eigenvalue weighted by atomic mass is 10.0. The van der Waals surface area contributed by atoms with Gasteiger partial charge >= 0.3 is 0 Å². The molecule has 0 aliphatic heterocycles. The Kier molecular flexibility index (Phi) is 11.0. The van der Waals surface area contributed by atoms with Gasteiger partial charge in [0.25, 0.3) is 0 Å². The van der Waals surface area contributed by atoms with Crippen molar-refractivity contribution in [3.05, 3.63) is 23.9 Å². The van der Waals surface area contributed by atoms with Crippen LogP contribution < -0.4 is 15.5 Å². The molecule has 1 aromatic rings. The highest BCUT2D eigenvalue weighted by Gasteiger charge is 2.05. The molecule has 0 fully saturated rings. The van der Waals surface area contributed by atoms with Crippen LogP contribution in [-0.4, -0.2) is 38.6 Å². The Labute approximate surface area is 152 Å². The number of halogens is 1. The first kappa shape index (κ1) is 20.9. The Morgan fingerprint density at radius 3 is 2.45 bits per heavy atom. The summed E-state index contributed by atoms with van der Waals surface area (Å²) in [5, 5.41) is 6.69. The monoisotopic (exact) mass is 419 g/mol. The van der Waals surface area contributed by atoms with Crippen LogP contribution in [0, 0.1) is 5.92 Å². The van der Waals surface area contributed by atoms with Crippen molar-refractivity contribution in [2.45, 2.75) is 33.2 Å². The lowest BCUT2D eigenvalue weighted by molar-refractivity contribution is 0.481. The van der Waals surface area contributed by atoms with Gasteiger partial charge in [-0.15, -0.1) is 24.0 Å². The van der Waals surface area contributed by atoms with Crippen molar-refractivity contribution in [2.75, 3.05) is 32.6 Å². The second-order valence-electron chi connectivity index (χ2n) is 5.37. The Hall–Kier alpha value is -1.05. The molecule has 5 nitrogen and oxygen atoms in total. The summed E-state index contributed by atoms with van der Waals surface area (Å²) >= 11 is 0. The van der Waals surface area contributed by atoms with Crippen LogP contribution in [0.25, 0.3) is 0 Å². The molecule has 0 saturated carbocycles. The van der Waals surface area contributed by atoms with E-state index in [0.29, 0.717) is 12.5 Å². The maximum absolute atomic E-state index is 4.59. The summed E-state index contributed by atoms with van der Waals surface area (Å²) in [6.07, 6.45) is 2.37. The number of hydrogen-bond donors (Lipinski definition) is 2. The molecule has 1 heterocycles. The average molecular weight is 419 g/mol. The van der Waals surface area contributed by atoms with E-state index in [1.807, 2.05) is 37.2 Å². The van der Waals surface area contributed by atoms with Crippen LogP contribution in [-0.2, 0) is 6.54 Å². The van der Waals surface area contributed by atoms with E-state index in [2.05, 4.69) is 34.5 Å². The van der Waals surface area contributed by atoms with Gasteiger partial charge in [-0.3, -0.25) is 4.99 Å². The summed E-state index contributed by atoms with van der Waals surface area (Å²) < 4.78 is 0. The first-order valence-corrected chi connectivity index (χ1v) is 7.68. The van der Waals surface area contributed by atoms with Crippen LogP contribution in [0.15, 0.2) is 23.2 Å². The normalized spacial score (nSPS) is 11.1. The third-order valence-corrected chi connectivity index (χ3v) is 3.62. The third kappa shape index (κ3) is 7.29. The lowest BCUT2D eigenvalue weighted by Crippen LogP contribution is -2.39. The molecule has 0 amide bonds. The molecule has 0 saturated heterocycles. The molecule has 126 valence electrons. The number of nitrogens with zero attached hydrogens (tertiary/aromatic N) is 3. The molecule has 2 N–H and O–H groups in total. The fourth-order valence-electron chi connectivity index (χ4n) is 2.03. The summed E-state index contributed by atoms with van der Waals surface area (Å²) in [6.45, 7) is 6.08. The summed E-state index contributed by atoms with van der Waals surface area (Å²) in [4.78, 5) is 10.8. The van der Waals surface area contributed by atoms with E-state index in [0.717, 1.165) is 24.0 Å². The molecule has 0 aliphatic rings. The zero-order chi connectivity index (χ0) is 15.7. The standard InChI is InChI=1S/C16H29N5.HI/c1-6-13(7-2)11-18-16(17-3)19-12-14-9-8-10-15(20-14)21(4)5;/h8-10,13H,6-7,11-12H2,1-5H3,(H2,17,18,19);1H. The molecule has 0 bridgehead atoms. The second kappa shape index (κ2) is 11.5. The lowest BCUT2D eigenvalue weighted by Gasteiger charge is -2.17. The van der Waals surface area contributed by atoms with Crippen LogP contribution >= 0.6 is 24.0 Å². The Bertz CT molecular complexity index is 444. The quantitative estimate of drug-likeness (QED) is 0.406. The SMILES string of the molecule is CCC(CC)CNC(=NC)NCc1cccc(N(C)C)n1.I. The molecule has 6 heteroatoms. The summed E-state index contributed by atoms with van der Waals surface area (Å²) in [6, 6.07) is 6.05. The highest BCUT2D eigenvalue weighted by molar-refractivity contribution is 14.0. The van der Waals surface area contributed by atoms with Crippen LogP contribution in [0.3, 0.4) is 0 Å². The van der Waals surface area contributed by atoms with Crippen molar-refractivity contribution in [3.8, 4) is 0 Å². The maximum Gasteiger partial charge on any atom is 0.191 e. The van der Waals surface area contributed by atoms with Crippen molar-refractivity contribution in [2.24, 2.45) is 10.9 Å². The van der Waals surface area contributed by atoms with E-state index in [-0.39, 0.29) is 24.0 Å². The number of anilines is 1. The van der Waals surface area contributed by atoms with E-state index in [1.54, 1.807) is 7.05 Å². The highest BCUT2D eigenvalue weighted by Crippen LogP contribution is 2.07. The molecule has 1 aromatic heterocycles. The summed E-state index contributed by atoms with van der Waals surface area (Å²) in [7, 11) is 5.79. The van der Waals surface area contributed by atoms with Crippen LogP contribution in [0.5, 0.6) is 0 Å². The van der Waals surface area contributed by atoms with Gasteiger partial charge in [0.15, 0.2) is 5.96 Å². The predicted octanol–water partition coefficient (Wildman–Crippen LogP) is 2.87. The number of guanidine groups is 1.